The van der Waals surface area contributed by atoms with Crippen molar-refractivity contribution in [1.29, 1.82) is 0 Å². The number of ether oxygens (including phenoxy) is 6. The molecule has 0 bridgehead atoms. The molecule has 75 heavy (non-hydrogen) atoms. The lowest BCUT2D eigenvalue weighted by Gasteiger charge is -2.42. The van der Waals surface area contributed by atoms with Gasteiger partial charge < -0.3 is 64.2 Å². The number of hydrogen-bond donors (Lipinski definition) is 7. The number of carbonyl (C=O) groups excluding carboxylic acids is 1. The van der Waals surface area contributed by atoms with Gasteiger partial charge in [-0.05, 0) is 44.9 Å². The van der Waals surface area contributed by atoms with Gasteiger partial charge in [-0.25, -0.2) is 0 Å². The minimum absolute atomic E-state index is 0.0576. The van der Waals surface area contributed by atoms with Gasteiger partial charge in [-0.1, -0.05) is 230 Å². The van der Waals surface area contributed by atoms with E-state index in [0.29, 0.717) is 13.0 Å². The van der Waals surface area contributed by atoms with Crippen LogP contribution >= 0.6 is 0 Å². The molecule has 0 aliphatic carbocycles. The van der Waals surface area contributed by atoms with Crippen LogP contribution in [0.4, 0.5) is 0 Å². The molecule has 2 fully saturated rings. The summed E-state index contributed by atoms with van der Waals surface area (Å²) in [5, 5.41) is 72.4. The molecule has 7 N–H and O–H groups in total. The van der Waals surface area contributed by atoms with Gasteiger partial charge in [-0.2, -0.15) is 0 Å². The highest BCUT2D eigenvalue weighted by molar-refractivity contribution is 5.69. The molecule has 11 atom stereocenters. The Morgan fingerprint density at radius 2 is 0.867 bits per heavy atom. The third-order valence-corrected chi connectivity index (χ3v) is 14.7. The predicted octanol–water partition coefficient (Wildman–Crippen LogP) is 11.3. The molecule has 0 aromatic carbocycles. The molecule has 0 amide bonds. The largest absolute Gasteiger partial charge is 0.457 e. The lowest BCUT2D eigenvalue weighted by Crippen LogP contribution is -2.61. The molecule has 0 spiro atoms. The number of aliphatic hydroxyl groups is 7. The van der Waals surface area contributed by atoms with Crippen LogP contribution in [-0.2, 0) is 33.2 Å². The summed E-state index contributed by atoms with van der Waals surface area (Å²) in [6.45, 7) is 3.60. The van der Waals surface area contributed by atoms with Gasteiger partial charge in [-0.3, -0.25) is 4.79 Å². The van der Waals surface area contributed by atoms with Crippen LogP contribution in [0.15, 0.2) is 36.5 Å². The number of aliphatic hydroxyl groups excluding tert-OH is 7. The summed E-state index contributed by atoms with van der Waals surface area (Å²) in [6, 6.07) is 0. The van der Waals surface area contributed by atoms with E-state index in [1.165, 1.54) is 148 Å². The first-order valence-electron chi connectivity index (χ1n) is 30.6. The number of carbonyl (C=O) groups is 1. The molecule has 14 nitrogen and oxygen atoms in total. The summed E-state index contributed by atoms with van der Waals surface area (Å²) in [5.41, 5.74) is 0. The fraction of sp³-hybridized carbons (Fsp3) is 0.885. The van der Waals surface area contributed by atoms with Crippen LogP contribution in [0.3, 0.4) is 0 Å². The first-order valence-corrected chi connectivity index (χ1v) is 30.6. The molecule has 0 aromatic heterocycles. The van der Waals surface area contributed by atoms with Crippen LogP contribution in [0.1, 0.15) is 245 Å². The van der Waals surface area contributed by atoms with Crippen molar-refractivity contribution >= 4 is 5.97 Å². The second-order valence-corrected chi connectivity index (χ2v) is 21.5. The predicted molar refractivity (Wildman–Crippen MR) is 298 cm³/mol. The SMILES string of the molecule is CC/C=C\C/C=C\C/C=C\CCCCCCCC(=O)OC(COCCCCCCCCCCCCCCCCCCCCCCCCCCCC)COC1OC(COC2OC(CO)C(O)C(O)C2O)C(O)C(O)C1O. The fourth-order valence-corrected chi connectivity index (χ4v) is 9.77. The zero-order valence-electron chi connectivity index (χ0n) is 47.3. The summed E-state index contributed by atoms with van der Waals surface area (Å²) in [7, 11) is 0. The molecular formula is C61H112O14. The summed E-state index contributed by atoms with van der Waals surface area (Å²) in [4.78, 5) is 13.1. The minimum atomic E-state index is -1.71. The molecule has 11 unspecified atom stereocenters. The Kier molecular flexibility index (Phi) is 44.5. The third-order valence-electron chi connectivity index (χ3n) is 14.7. The fourth-order valence-electron chi connectivity index (χ4n) is 9.77. The van der Waals surface area contributed by atoms with Crippen molar-refractivity contribution in [2.75, 3.05) is 33.0 Å². The van der Waals surface area contributed by atoms with E-state index in [1.807, 2.05) is 0 Å². The van der Waals surface area contributed by atoms with Gasteiger partial charge in [0.05, 0.1) is 26.4 Å². The first-order chi connectivity index (χ1) is 36.6. The van der Waals surface area contributed by atoms with Gasteiger partial charge in [0.25, 0.3) is 0 Å². The summed E-state index contributed by atoms with van der Waals surface area (Å²) in [5.74, 6) is -0.389. The van der Waals surface area contributed by atoms with E-state index >= 15 is 0 Å². The molecule has 2 saturated heterocycles. The number of hydrogen-bond acceptors (Lipinski definition) is 14. The van der Waals surface area contributed by atoms with Crippen molar-refractivity contribution in [3.8, 4) is 0 Å². The molecule has 2 heterocycles. The van der Waals surface area contributed by atoms with Crippen molar-refractivity contribution < 1.29 is 69.0 Å². The van der Waals surface area contributed by atoms with Gasteiger partial charge in [0.15, 0.2) is 12.6 Å². The molecular weight excluding hydrogens is 957 g/mol. The number of esters is 1. The number of unbranched alkanes of at least 4 members (excludes halogenated alkanes) is 30. The summed E-state index contributed by atoms with van der Waals surface area (Å²) in [6.07, 6.45) is 40.8. The lowest BCUT2D eigenvalue weighted by atomic mass is 9.98. The Labute approximate surface area is 455 Å². The van der Waals surface area contributed by atoms with E-state index in [1.54, 1.807) is 0 Å². The molecule has 440 valence electrons. The van der Waals surface area contributed by atoms with Gasteiger partial charge in [0.1, 0.15) is 54.9 Å². The van der Waals surface area contributed by atoms with Crippen LogP contribution in [0.2, 0.25) is 0 Å². The van der Waals surface area contributed by atoms with E-state index in [9.17, 15) is 40.5 Å². The second kappa shape index (κ2) is 48.1. The lowest BCUT2D eigenvalue weighted by molar-refractivity contribution is -0.332. The van der Waals surface area contributed by atoms with Crippen molar-refractivity contribution in [2.45, 2.75) is 313 Å². The Morgan fingerprint density at radius 1 is 0.453 bits per heavy atom. The highest BCUT2D eigenvalue weighted by atomic mass is 16.7. The van der Waals surface area contributed by atoms with Gasteiger partial charge in [0, 0.05) is 13.0 Å². The van der Waals surface area contributed by atoms with Crippen LogP contribution < -0.4 is 0 Å². The van der Waals surface area contributed by atoms with E-state index in [2.05, 4.69) is 50.3 Å². The van der Waals surface area contributed by atoms with E-state index < -0.39 is 80.7 Å². The Balaban J connectivity index is 1.66. The zero-order chi connectivity index (χ0) is 54.4. The molecule has 2 aliphatic heterocycles. The Morgan fingerprint density at radius 3 is 1.36 bits per heavy atom. The monoisotopic (exact) mass is 1070 g/mol. The average molecular weight is 1070 g/mol. The second-order valence-electron chi connectivity index (χ2n) is 21.5. The average Bonchev–Trinajstić information content (AvgIpc) is 3.41. The summed E-state index contributed by atoms with van der Waals surface area (Å²) >= 11 is 0. The van der Waals surface area contributed by atoms with Crippen molar-refractivity contribution in [3.63, 3.8) is 0 Å². The van der Waals surface area contributed by atoms with Crippen LogP contribution in [0.25, 0.3) is 0 Å². The minimum Gasteiger partial charge on any atom is -0.457 e. The number of allylic oxidation sites excluding steroid dienone is 6. The van der Waals surface area contributed by atoms with Crippen molar-refractivity contribution in [1.82, 2.24) is 0 Å². The highest BCUT2D eigenvalue weighted by Crippen LogP contribution is 2.27. The van der Waals surface area contributed by atoms with E-state index in [0.717, 1.165) is 70.6 Å². The molecule has 14 heteroatoms. The normalized spacial score (nSPS) is 24.8. The maximum absolute atomic E-state index is 13.1. The Bertz CT molecular complexity index is 1380. The first kappa shape index (κ1) is 69.3. The van der Waals surface area contributed by atoms with Crippen molar-refractivity contribution in [3.05, 3.63) is 36.5 Å². The maximum Gasteiger partial charge on any atom is 0.306 e. The van der Waals surface area contributed by atoms with Crippen LogP contribution in [-0.4, -0.2) is 142 Å². The highest BCUT2D eigenvalue weighted by Gasteiger charge is 2.47. The maximum atomic E-state index is 13.1. The molecule has 0 aromatic rings. The van der Waals surface area contributed by atoms with Gasteiger partial charge in [0.2, 0.25) is 0 Å². The molecule has 2 aliphatic rings. The van der Waals surface area contributed by atoms with Crippen LogP contribution in [0, 0.1) is 0 Å². The number of rotatable bonds is 50. The smallest absolute Gasteiger partial charge is 0.306 e. The quantitative estimate of drug-likeness (QED) is 0.0172. The standard InChI is InChI=1S/C61H112O14/c1-3-5-7-9-11-13-15-17-19-20-21-22-23-24-25-26-27-28-29-31-33-35-37-39-41-43-45-70-47-50(73-53(63)44-42-40-38-36-34-32-30-18-16-14-12-10-8-6-4-2)48-71-60-59(69)57(67)55(65)52(75-60)49-72-61-58(68)56(66)54(64)51(46-62)74-61/h6,8,12,14,18,30,50-52,54-62,64-69H,3-5,7,9-11,13,15-17,19-29,31-49H2,1-2H3/b8-6-,14-12-,30-18-. The van der Waals surface area contributed by atoms with E-state index in [-0.39, 0.29) is 25.6 Å². The van der Waals surface area contributed by atoms with E-state index in [4.69, 9.17) is 28.4 Å². The third kappa shape index (κ3) is 34.7. The van der Waals surface area contributed by atoms with Crippen molar-refractivity contribution in [2.24, 2.45) is 0 Å². The van der Waals surface area contributed by atoms with Gasteiger partial charge >= 0.3 is 5.97 Å². The topological polar surface area (TPSA) is 214 Å². The molecule has 0 radical (unpaired) electrons. The van der Waals surface area contributed by atoms with Crippen LogP contribution in [0.5, 0.6) is 0 Å². The molecule has 2 rings (SSSR count). The summed E-state index contributed by atoms with van der Waals surface area (Å²) < 4.78 is 34.4. The molecule has 0 saturated carbocycles. The Hall–Kier alpha value is -1.79. The van der Waals surface area contributed by atoms with Gasteiger partial charge in [-0.15, -0.1) is 0 Å². The zero-order valence-corrected chi connectivity index (χ0v) is 47.3.